The Hall–Kier alpha value is -0.600. The molecule has 0 bridgehead atoms. The molecule has 2 heterocycles. The lowest BCUT2D eigenvalue weighted by molar-refractivity contribution is -0.217. The summed E-state index contributed by atoms with van der Waals surface area (Å²) in [7, 11) is 0. The van der Waals surface area contributed by atoms with Gasteiger partial charge in [0.2, 0.25) is 0 Å². The van der Waals surface area contributed by atoms with E-state index in [4.69, 9.17) is 25.4 Å². The standard InChI is InChI=1S/C12H18O4/c1-5-7-13-9-8(6-2)14-11-10(9)15-12(3,4)16-11/h1,8-11H,6-7H2,2-4H3/t8-,9+,10-,11-/m1/s1. The summed E-state index contributed by atoms with van der Waals surface area (Å²) in [5, 5.41) is 0. The van der Waals surface area contributed by atoms with E-state index in [1.54, 1.807) is 0 Å². The van der Waals surface area contributed by atoms with Crippen LogP contribution < -0.4 is 0 Å². The molecular formula is C12H18O4. The summed E-state index contributed by atoms with van der Waals surface area (Å²) in [6.07, 6.45) is 5.42. The number of ether oxygens (including phenoxy) is 4. The summed E-state index contributed by atoms with van der Waals surface area (Å²) >= 11 is 0. The lowest BCUT2D eigenvalue weighted by Gasteiger charge is -2.24. The quantitative estimate of drug-likeness (QED) is 0.679. The third kappa shape index (κ3) is 2.09. The van der Waals surface area contributed by atoms with E-state index in [-0.39, 0.29) is 31.2 Å². The molecule has 0 aromatic carbocycles. The highest BCUT2D eigenvalue weighted by molar-refractivity contribution is 4.95. The van der Waals surface area contributed by atoms with Gasteiger partial charge in [0.05, 0.1) is 6.10 Å². The first-order valence-corrected chi connectivity index (χ1v) is 5.63. The predicted octanol–water partition coefficient (Wildman–Crippen LogP) is 1.29. The Morgan fingerprint density at radius 3 is 2.75 bits per heavy atom. The highest BCUT2D eigenvalue weighted by atomic mass is 16.8. The van der Waals surface area contributed by atoms with Gasteiger partial charge >= 0.3 is 0 Å². The minimum Gasteiger partial charge on any atom is -0.360 e. The van der Waals surface area contributed by atoms with Gasteiger partial charge in [0.15, 0.2) is 12.1 Å². The second-order valence-corrected chi connectivity index (χ2v) is 4.53. The predicted molar refractivity (Wildman–Crippen MR) is 57.6 cm³/mol. The lowest BCUT2D eigenvalue weighted by atomic mass is 10.1. The molecule has 0 saturated carbocycles. The van der Waals surface area contributed by atoms with Gasteiger partial charge in [0.25, 0.3) is 0 Å². The Morgan fingerprint density at radius 2 is 2.12 bits per heavy atom. The van der Waals surface area contributed by atoms with Crippen LogP contribution in [-0.4, -0.2) is 37.0 Å². The molecule has 4 nitrogen and oxygen atoms in total. The average molecular weight is 226 g/mol. The Bertz CT molecular complexity index is 294. The molecule has 0 N–H and O–H groups in total. The van der Waals surface area contributed by atoms with E-state index >= 15 is 0 Å². The molecule has 0 aromatic heterocycles. The van der Waals surface area contributed by atoms with Crippen molar-refractivity contribution in [2.24, 2.45) is 0 Å². The molecule has 0 aromatic rings. The van der Waals surface area contributed by atoms with E-state index < -0.39 is 5.79 Å². The van der Waals surface area contributed by atoms with Crippen molar-refractivity contribution < 1.29 is 18.9 Å². The second kappa shape index (κ2) is 4.34. The Morgan fingerprint density at radius 1 is 1.38 bits per heavy atom. The molecule has 90 valence electrons. The third-order valence-corrected chi connectivity index (χ3v) is 2.85. The fourth-order valence-corrected chi connectivity index (χ4v) is 2.22. The van der Waals surface area contributed by atoms with Crippen molar-refractivity contribution >= 4 is 0 Å². The van der Waals surface area contributed by atoms with E-state index in [0.29, 0.717) is 0 Å². The zero-order chi connectivity index (χ0) is 11.8. The van der Waals surface area contributed by atoms with Gasteiger partial charge in [-0.1, -0.05) is 12.8 Å². The lowest BCUT2D eigenvalue weighted by Crippen LogP contribution is -2.36. The fourth-order valence-electron chi connectivity index (χ4n) is 2.22. The van der Waals surface area contributed by atoms with Crippen LogP contribution in [0.5, 0.6) is 0 Å². The molecule has 4 heteroatoms. The van der Waals surface area contributed by atoms with Gasteiger partial charge in [-0.3, -0.25) is 0 Å². The van der Waals surface area contributed by atoms with E-state index in [9.17, 15) is 0 Å². The number of hydrogen-bond donors (Lipinski definition) is 0. The van der Waals surface area contributed by atoms with Crippen LogP contribution in [0.1, 0.15) is 27.2 Å². The molecule has 2 aliphatic heterocycles. The van der Waals surface area contributed by atoms with Crippen LogP contribution in [-0.2, 0) is 18.9 Å². The van der Waals surface area contributed by atoms with E-state index in [1.807, 2.05) is 20.8 Å². The van der Waals surface area contributed by atoms with Crippen molar-refractivity contribution in [2.45, 2.75) is 57.6 Å². The topological polar surface area (TPSA) is 36.9 Å². The first-order valence-electron chi connectivity index (χ1n) is 5.63. The zero-order valence-electron chi connectivity index (χ0n) is 9.93. The van der Waals surface area contributed by atoms with Crippen molar-refractivity contribution in [1.29, 1.82) is 0 Å². The summed E-state index contributed by atoms with van der Waals surface area (Å²) in [5.41, 5.74) is 0. The summed E-state index contributed by atoms with van der Waals surface area (Å²) in [5.74, 6) is 1.86. The number of fused-ring (bicyclic) bond motifs is 1. The molecule has 0 spiro atoms. The molecular weight excluding hydrogens is 208 g/mol. The maximum atomic E-state index is 5.77. The van der Waals surface area contributed by atoms with Gasteiger partial charge in [-0.25, -0.2) is 0 Å². The second-order valence-electron chi connectivity index (χ2n) is 4.53. The van der Waals surface area contributed by atoms with Crippen molar-refractivity contribution in [3.8, 4) is 12.3 Å². The van der Waals surface area contributed by atoms with E-state index in [1.165, 1.54) is 0 Å². The molecule has 4 atom stereocenters. The van der Waals surface area contributed by atoms with Crippen molar-refractivity contribution in [3.63, 3.8) is 0 Å². The zero-order valence-corrected chi connectivity index (χ0v) is 9.93. The first-order chi connectivity index (χ1) is 7.57. The Balaban J connectivity index is 2.05. The third-order valence-electron chi connectivity index (χ3n) is 2.85. The molecule has 0 unspecified atom stereocenters. The number of rotatable bonds is 3. The fraction of sp³-hybridized carbons (Fsp3) is 0.833. The summed E-state index contributed by atoms with van der Waals surface area (Å²) in [4.78, 5) is 0. The first kappa shape index (κ1) is 11.9. The molecule has 2 aliphatic rings. The molecule has 0 radical (unpaired) electrons. The summed E-state index contributed by atoms with van der Waals surface area (Å²) in [6, 6.07) is 0. The SMILES string of the molecule is C#CCO[C@@H]1[C@H]2OC(C)(C)O[C@H]2O[C@@H]1CC. The van der Waals surface area contributed by atoms with Crippen LogP contribution in [0.15, 0.2) is 0 Å². The van der Waals surface area contributed by atoms with Gasteiger partial charge in [-0.15, -0.1) is 6.42 Å². The van der Waals surface area contributed by atoms with Crippen LogP contribution in [0, 0.1) is 12.3 Å². The molecule has 2 rings (SSSR count). The smallest absolute Gasteiger partial charge is 0.190 e. The van der Waals surface area contributed by atoms with Gasteiger partial charge < -0.3 is 18.9 Å². The van der Waals surface area contributed by atoms with Gasteiger partial charge in [-0.05, 0) is 20.3 Å². The monoisotopic (exact) mass is 226 g/mol. The minimum absolute atomic E-state index is 0.000509. The van der Waals surface area contributed by atoms with Crippen LogP contribution in [0.3, 0.4) is 0 Å². The minimum atomic E-state index is -0.605. The van der Waals surface area contributed by atoms with Gasteiger partial charge in [0, 0.05) is 0 Å². The molecule has 16 heavy (non-hydrogen) atoms. The molecule has 2 saturated heterocycles. The van der Waals surface area contributed by atoms with E-state index in [2.05, 4.69) is 5.92 Å². The maximum absolute atomic E-state index is 5.77. The van der Waals surface area contributed by atoms with Crippen molar-refractivity contribution in [2.75, 3.05) is 6.61 Å². The van der Waals surface area contributed by atoms with Crippen molar-refractivity contribution in [3.05, 3.63) is 0 Å². The summed E-state index contributed by atoms with van der Waals surface area (Å²) < 4.78 is 22.7. The molecule has 0 amide bonds. The molecule has 0 aliphatic carbocycles. The number of terminal acetylenes is 1. The van der Waals surface area contributed by atoms with Gasteiger partial charge in [0.1, 0.15) is 18.8 Å². The average Bonchev–Trinajstić information content (AvgIpc) is 2.67. The van der Waals surface area contributed by atoms with Crippen LogP contribution in [0.2, 0.25) is 0 Å². The van der Waals surface area contributed by atoms with Crippen molar-refractivity contribution in [1.82, 2.24) is 0 Å². The summed E-state index contributed by atoms with van der Waals surface area (Å²) in [6.45, 7) is 6.06. The molecule has 2 fully saturated rings. The van der Waals surface area contributed by atoms with Crippen LogP contribution >= 0.6 is 0 Å². The van der Waals surface area contributed by atoms with Crippen LogP contribution in [0.25, 0.3) is 0 Å². The highest BCUT2D eigenvalue weighted by Gasteiger charge is 2.54. The Kier molecular flexibility index (Phi) is 3.22. The van der Waals surface area contributed by atoms with E-state index in [0.717, 1.165) is 6.42 Å². The van der Waals surface area contributed by atoms with Gasteiger partial charge in [-0.2, -0.15) is 0 Å². The normalized spacial score (nSPS) is 40.6. The highest BCUT2D eigenvalue weighted by Crippen LogP contribution is 2.39. The maximum Gasteiger partial charge on any atom is 0.190 e. The van der Waals surface area contributed by atoms with Crippen LogP contribution in [0.4, 0.5) is 0 Å². The largest absolute Gasteiger partial charge is 0.360 e. The number of hydrogen-bond acceptors (Lipinski definition) is 4. The Labute approximate surface area is 96.2 Å².